The van der Waals surface area contributed by atoms with Gasteiger partial charge in [-0.3, -0.25) is 27.2 Å². The molecular weight excluding hydrogens is 223 g/mol. The topological polar surface area (TPSA) is 68.3 Å². The van der Waals surface area contributed by atoms with Gasteiger partial charge in [0.15, 0.2) is 0 Å². The van der Waals surface area contributed by atoms with Crippen LogP contribution in [0.3, 0.4) is 0 Å². The summed E-state index contributed by atoms with van der Waals surface area (Å²) in [5.74, 6) is 0. The molecule has 0 aliphatic heterocycles. The van der Waals surface area contributed by atoms with Crippen LogP contribution in [0, 0.1) is 0 Å². The van der Waals surface area contributed by atoms with E-state index in [2.05, 4.69) is 27.2 Å². The van der Waals surface area contributed by atoms with E-state index in [1.807, 2.05) is 30.3 Å². The molecule has 0 fully saturated rings. The zero-order chi connectivity index (χ0) is 11.5. The molecule has 1 rings (SSSR count). The number of hydrogen-bond donors (Lipinski definition) is 0. The van der Waals surface area contributed by atoms with Gasteiger partial charge in [0.2, 0.25) is 0 Å². The maximum Gasteiger partial charge on any atom is 0 e. The predicted molar refractivity (Wildman–Crippen MR) is 49.0 cm³/mol. The number of rotatable bonds is 0. The van der Waals surface area contributed by atoms with Crippen LogP contribution in [-0.2, 0) is 37.7 Å². The third kappa shape index (κ3) is 75.1. The molecule has 1 radical (unpaired) electrons. The molecule has 0 N–H and O–H groups in total. The Kier molecular flexibility index (Phi) is 210. The van der Waals surface area contributed by atoms with E-state index in [0.717, 1.165) is 0 Å². The Hall–Kier alpha value is -1.39. The van der Waals surface area contributed by atoms with Crippen molar-refractivity contribution < 1.29 is 37.7 Å². The molecule has 5 heteroatoms. The van der Waals surface area contributed by atoms with Crippen LogP contribution >= 0.6 is 0 Å². The number of hydrogen-bond acceptors (Lipinski definition) is 4. The third-order valence-corrected chi connectivity index (χ3v) is 0.556. The van der Waals surface area contributed by atoms with E-state index in [9.17, 15) is 0 Å². The van der Waals surface area contributed by atoms with Crippen LogP contribution in [0.5, 0.6) is 0 Å². The van der Waals surface area contributed by atoms with Crippen molar-refractivity contribution in [2.45, 2.75) is 0 Å². The standard InChI is InChI=1S/C5H5.4CHO.V/c1-2-4-5-3-1;4*1-2;/h1-5H;4*1H;/q5*-1;. The van der Waals surface area contributed by atoms with Crippen molar-refractivity contribution in [1.82, 2.24) is 0 Å². The molecule has 0 heterocycles. The summed E-state index contributed by atoms with van der Waals surface area (Å²) in [6, 6.07) is 10.0. The summed E-state index contributed by atoms with van der Waals surface area (Å²) in [5.41, 5.74) is 0. The van der Waals surface area contributed by atoms with Gasteiger partial charge in [0, 0.05) is 18.6 Å². The second-order valence-corrected chi connectivity index (χ2v) is 0.962. The second-order valence-electron chi connectivity index (χ2n) is 0.962. The minimum absolute atomic E-state index is 0. The van der Waals surface area contributed by atoms with E-state index in [1.54, 1.807) is 0 Å². The second kappa shape index (κ2) is 100. The summed E-state index contributed by atoms with van der Waals surface area (Å²) < 4.78 is 0. The SMILES string of the molecule is [CH-]=O.[CH-]=O.[CH-]=O.[CH-]=O.[V].c1cc[cH-]c1. The zero-order valence-electron chi connectivity index (χ0n) is 7.28. The summed E-state index contributed by atoms with van der Waals surface area (Å²) in [6.07, 6.45) is 0. The molecule has 0 aromatic heterocycles. The van der Waals surface area contributed by atoms with Gasteiger partial charge in [-0.15, -0.1) is 0 Å². The van der Waals surface area contributed by atoms with Crippen LogP contribution in [0.25, 0.3) is 0 Å². The summed E-state index contributed by atoms with van der Waals surface area (Å²) in [4.78, 5) is 31.0. The molecule has 0 spiro atoms. The smallest absolute Gasteiger partial charge is 0 e. The summed E-state index contributed by atoms with van der Waals surface area (Å²) in [6.45, 7) is 13.0. The van der Waals surface area contributed by atoms with Crippen molar-refractivity contribution in [3.8, 4) is 0 Å². The van der Waals surface area contributed by atoms with Gasteiger partial charge in [0.1, 0.15) is 0 Å². The molecular formula is C9H9O4V-5. The van der Waals surface area contributed by atoms with Crippen LogP contribution < -0.4 is 0 Å². The molecule has 0 saturated heterocycles. The molecule has 0 atom stereocenters. The minimum atomic E-state index is 0. The first-order chi connectivity index (χ1) is 6.50. The average Bonchev–Trinajstić information content (AvgIpc) is 2.87. The van der Waals surface area contributed by atoms with Gasteiger partial charge in [-0.1, -0.05) is 0 Å². The van der Waals surface area contributed by atoms with Crippen molar-refractivity contribution >= 4 is 27.2 Å². The molecule has 4 nitrogen and oxygen atoms in total. The third-order valence-electron chi connectivity index (χ3n) is 0.556. The molecule has 79 valence electrons. The first-order valence-corrected chi connectivity index (χ1v) is 2.61. The minimum Gasteiger partial charge on any atom is -0.545 e. The number of carbonyl (C=O) groups excluding carboxylic acids is 4. The Morgan fingerprint density at radius 3 is 0.929 bits per heavy atom. The molecule has 0 aliphatic rings. The molecule has 1 aromatic rings. The summed E-state index contributed by atoms with van der Waals surface area (Å²) >= 11 is 0. The molecule has 0 saturated carbocycles. The van der Waals surface area contributed by atoms with Crippen LogP contribution in [-0.4, -0.2) is 27.2 Å². The first kappa shape index (κ1) is 29.3. The normalized spacial score (nSPS) is 4.00. The van der Waals surface area contributed by atoms with Crippen molar-refractivity contribution in [3.63, 3.8) is 0 Å². The van der Waals surface area contributed by atoms with Gasteiger partial charge < -0.3 is 19.2 Å². The van der Waals surface area contributed by atoms with E-state index in [0.29, 0.717) is 0 Å². The fourth-order valence-electron chi connectivity index (χ4n) is 0.321. The van der Waals surface area contributed by atoms with Gasteiger partial charge in [0.05, 0.1) is 0 Å². The van der Waals surface area contributed by atoms with E-state index in [1.165, 1.54) is 0 Å². The largest absolute Gasteiger partial charge is 0.545 e. The molecule has 14 heavy (non-hydrogen) atoms. The van der Waals surface area contributed by atoms with E-state index >= 15 is 0 Å². The van der Waals surface area contributed by atoms with E-state index < -0.39 is 0 Å². The molecule has 1 aromatic carbocycles. The molecule has 0 bridgehead atoms. The van der Waals surface area contributed by atoms with Crippen molar-refractivity contribution in [2.75, 3.05) is 0 Å². The van der Waals surface area contributed by atoms with Crippen LogP contribution in [0.1, 0.15) is 0 Å². The fraction of sp³-hybridized carbons (Fsp3) is 0. The maximum atomic E-state index is 7.75. The maximum absolute atomic E-state index is 7.75. The Bertz CT molecular complexity index is 108. The molecule has 0 amide bonds. The van der Waals surface area contributed by atoms with Gasteiger partial charge >= 0.3 is 0 Å². The Balaban J connectivity index is -0.0000000267. The quantitative estimate of drug-likeness (QED) is 0.476. The van der Waals surface area contributed by atoms with Crippen LogP contribution in [0.4, 0.5) is 0 Å². The van der Waals surface area contributed by atoms with Gasteiger partial charge in [-0.25, -0.2) is 12.1 Å². The monoisotopic (exact) mass is 232 g/mol. The Labute approximate surface area is 95.6 Å². The summed E-state index contributed by atoms with van der Waals surface area (Å²) in [7, 11) is 0. The van der Waals surface area contributed by atoms with Crippen molar-refractivity contribution in [3.05, 3.63) is 30.3 Å². The predicted octanol–water partition coefficient (Wildman–Crippen LogP) is 0.307. The van der Waals surface area contributed by atoms with Crippen molar-refractivity contribution in [2.24, 2.45) is 0 Å². The van der Waals surface area contributed by atoms with Gasteiger partial charge in [-0.05, 0) is 0 Å². The zero-order valence-corrected chi connectivity index (χ0v) is 8.67. The summed E-state index contributed by atoms with van der Waals surface area (Å²) in [5, 5.41) is 0. The molecule has 0 aliphatic carbocycles. The van der Waals surface area contributed by atoms with E-state index in [4.69, 9.17) is 19.2 Å². The fourth-order valence-corrected chi connectivity index (χ4v) is 0.321. The van der Waals surface area contributed by atoms with Crippen LogP contribution in [0.2, 0.25) is 0 Å². The van der Waals surface area contributed by atoms with Crippen molar-refractivity contribution in [1.29, 1.82) is 0 Å². The Morgan fingerprint density at radius 2 is 0.857 bits per heavy atom. The average molecular weight is 232 g/mol. The first-order valence-electron chi connectivity index (χ1n) is 2.61. The van der Waals surface area contributed by atoms with E-state index in [-0.39, 0.29) is 18.6 Å². The van der Waals surface area contributed by atoms with Crippen LogP contribution in [0.15, 0.2) is 30.3 Å². The van der Waals surface area contributed by atoms with Gasteiger partial charge in [-0.2, -0.15) is 18.2 Å². The Morgan fingerprint density at radius 1 is 0.643 bits per heavy atom. The van der Waals surface area contributed by atoms with Gasteiger partial charge in [0.25, 0.3) is 0 Å². The molecule has 0 unspecified atom stereocenters.